The van der Waals surface area contributed by atoms with Gasteiger partial charge in [-0.25, -0.2) is 4.98 Å². The van der Waals surface area contributed by atoms with E-state index in [2.05, 4.69) is 35.1 Å². The van der Waals surface area contributed by atoms with E-state index in [4.69, 9.17) is 0 Å². The van der Waals surface area contributed by atoms with Gasteiger partial charge in [-0.3, -0.25) is 0 Å². The molecule has 0 fully saturated rings. The summed E-state index contributed by atoms with van der Waals surface area (Å²) in [5, 5.41) is 5.44. The summed E-state index contributed by atoms with van der Waals surface area (Å²) in [7, 11) is 0. The Kier molecular flexibility index (Phi) is 5.99. The molecule has 1 aromatic rings. The topological polar surface area (TPSA) is 24.9 Å². The van der Waals surface area contributed by atoms with Gasteiger partial charge in [0.15, 0.2) is 5.13 Å². The van der Waals surface area contributed by atoms with Crippen LogP contribution in [0.2, 0.25) is 0 Å². The van der Waals surface area contributed by atoms with E-state index >= 15 is 0 Å². The van der Waals surface area contributed by atoms with Crippen molar-refractivity contribution in [2.45, 2.75) is 0 Å². The first-order valence-corrected chi connectivity index (χ1v) is 3.92. The third-order valence-corrected chi connectivity index (χ3v) is 1.55. The van der Waals surface area contributed by atoms with Crippen LogP contribution in [0.15, 0.2) is 11.6 Å². The number of nitrogens with one attached hydrogen (secondary N) is 1. The molecule has 0 spiro atoms. The van der Waals surface area contributed by atoms with Crippen LogP contribution in [-0.2, 0) is 0 Å². The SMILES string of the molecule is S=C(S)Nc1nccs1.[Na+]. The van der Waals surface area contributed by atoms with Crippen LogP contribution in [-0.4, -0.2) is 9.30 Å². The van der Waals surface area contributed by atoms with Crippen LogP contribution in [0.3, 0.4) is 0 Å². The van der Waals surface area contributed by atoms with E-state index < -0.39 is 0 Å². The molecular weight excluding hydrogens is 195 g/mol. The molecule has 0 aliphatic heterocycles. The second-order valence-electron chi connectivity index (χ2n) is 1.27. The zero-order valence-electron chi connectivity index (χ0n) is 5.37. The van der Waals surface area contributed by atoms with Crippen molar-refractivity contribution in [3.63, 3.8) is 0 Å². The van der Waals surface area contributed by atoms with Gasteiger partial charge >= 0.3 is 29.6 Å². The predicted molar refractivity (Wildman–Crippen MR) is 47.3 cm³/mol. The molecule has 0 radical (unpaired) electrons. The van der Waals surface area contributed by atoms with Crippen molar-refractivity contribution >= 4 is 45.6 Å². The molecule has 1 aromatic heterocycles. The van der Waals surface area contributed by atoms with Crippen molar-refractivity contribution in [3.8, 4) is 0 Å². The van der Waals surface area contributed by atoms with Crippen LogP contribution in [0.5, 0.6) is 0 Å². The molecule has 0 aromatic carbocycles. The van der Waals surface area contributed by atoms with Crippen molar-refractivity contribution in [2.75, 3.05) is 5.32 Å². The Balaban J connectivity index is 0.000000810. The number of thiazole rings is 1. The number of nitrogens with zero attached hydrogens (tertiary/aromatic N) is 1. The van der Waals surface area contributed by atoms with Gasteiger partial charge in [0.1, 0.15) is 4.32 Å². The summed E-state index contributed by atoms with van der Waals surface area (Å²) in [5.41, 5.74) is 0. The minimum absolute atomic E-state index is 0. The van der Waals surface area contributed by atoms with Gasteiger partial charge in [-0.2, -0.15) is 0 Å². The van der Waals surface area contributed by atoms with Gasteiger partial charge in [-0.15, -0.1) is 24.0 Å². The second-order valence-corrected chi connectivity index (χ2v) is 3.32. The first kappa shape index (κ1) is 10.9. The molecule has 6 heteroatoms. The first-order chi connectivity index (χ1) is 4.29. The maximum Gasteiger partial charge on any atom is 1.00 e. The van der Waals surface area contributed by atoms with Gasteiger partial charge < -0.3 is 5.32 Å². The van der Waals surface area contributed by atoms with Gasteiger partial charge in [0, 0.05) is 11.6 Å². The molecule has 0 atom stereocenters. The molecular formula is C4H4N2NaS3+. The van der Waals surface area contributed by atoms with Crippen LogP contribution in [0.25, 0.3) is 0 Å². The molecule has 0 saturated carbocycles. The maximum absolute atomic E-state index is 4.66. The molecule has 0 aliphatic carbocycles. The van der Waals surface area contributed by atoms with E-state index in [0.29, 0.717) is 4.32 Å². The smallest absolute Gasteiger partial charge is 0.317 e. The quantitative estimate of drug-likeness (QED) is 0.337. The normalized spacial score (nSPS) is 8.10. The number of rotatable bonds is 1. The zero-order valence-corrected chi connectivity index (χ0v) is 9.89. The average Bonchev–Trinajstić information content (AvgIpc) is 2.15. The van der Waals surface area contributed by atoms with E-state index in [-0.39, 0.29) is 29.6 Å². The molecule has 1 rings (SSSR count). The summed E-state index contributed by atoms with van der Waals surface area (Å²) in [6.45, 7) is 0. The number of aromatic nitrogens is 1. The van der Waals surface area contributed by atoms with Gasteiger partial charge in [0.2, 0.25) is 0 Å². The molecule has 2 nitrogen and oxygen atoms in total. The second kappa shape index (κ2) is 5.51. The van der Waals surface area contributed by atoms with Crippen molar-refractivity contribution < 1.29 is 29.6 Å². The third-order valence-electron chi connectivity index (χ3n) is 0.646. The third kappa shape index (κ3) is 3.90. The number of hydrogen-bond acceptors (Lipinski definition) is 3. The summed E-state index contributed by atoms with van der Waals surface area (Å²) >= 11 is 10.0. The molecule has 10 heavy (non-hydrogen) atoms. The van der Waals surface area contributed by atoms with E-state index in [1.807, 2.05) is 5.38 Å². The molecule has 0 bridgehead atoms. The standard InChI is InChI=1S/C4H4N2S3.Na/c7-4(8)6-3-5-1-2-9-3;/h1-2H,(H2,5,6,7,8);/q;+1. The fraction of sp³-hybridized carbons (Fsp3) is 0. The maximum atomic E-state index is 4.66. The monoisotopic (exact) mass is 199 g/mol. The zero-order chi connectivity index (χ0) is 6.69. The largest absolute Gasteiger partial charge is 1.00 e. The van der Waals surface area contributed by atoms with Crippen LogP contribution < -0.4 is 34.9 Å². The number of thiocarbonyl (C=S) groups is 1. The fourth-order valence-corrected chi connectivity index (χ4v) is 1.25. The number of thiol groups is 1. The summed E-state index contributed by atoms with van der Waals surface area (Å²) in [5.74, 6) is 0. The predicted octanol–water partition coefficient (Wildman–Crippen LogP) is -1.23. The van der Waals surface area contributed by atoms with Gasteiger partial charge in [0.05, 0.1) is 0 Å². The molecule has 1 N–H and O–H groups in total. The first-order valence-electron chi connectivity index (χ1n) is 2.18. The summed E-state index contributed by atoms with van der Waals surface area (Å²) in [6.07, 6.45) is 1.71. The fourth-order valence-electron chi connectivity index (χ4n) is 0.377. The van der Waals surface area contributed by atoms with E-state index in [9.17, 15) is 0 Å². The minimum Gasteiger partial charge on any atom is -0.317 e. The molecule has 1 heterocycles. The molecule has 0 saturated heterocycles. The van der Waals surface area contributed by atoms with Gasteiger partial charge in [0.25, 0.3) is 0 Å². The van der Waals surface area contributed by atoms with E-state index in [1.54, 1.807) is 6.20 Å². The van der Waals surface area contributed by atoms with Crippen molar-refractivity contribution in [1.29, 1.82) is 0 Å². The number of hydrogen-bond donors (Lipinski definition) is 2. The average molecular weight is 199 g/mol. The Labute approximate surface area is 96.1 Å². The van der Waals surface area contributed by atoms with Crippen molar-refractivity contribution in [2.24, 2.45) is 0 Å². The van der Waals surface area contributed by atoms with Crippen molar-refractivity contribution in [1.82, 2.24) is 4.98 Å². The van der Waals surface area contributed by atoms with Crippen LogP contribution in [0, 0.1) is 0 Å². The van der Waals surface area contributed by atoms with Crippen LogP contribution in [0.1, 0.15) is 0 Å². The van der Waals surface area contributed by atoms with Crippen LogP contribution in [0.4, 0.5) is 5.13 Å². The van der Waals surface area contributed by atoms with Crippen LogP contribution >= 0.6 is 36.2 Å². The Morgan fingerprint density at radius 3 is 2.90 bits per heavy atom. The Morgan fingerprint density at radius 1 is 1.80 bits per heavy atom. The van der Waals surface area contributed by atoms with E-state index in [0.717, 1.165) is 5.13 Å². The Hall–Kier alpha value is 0.870. The molecule has 0 aliphatic rings. The summed E-state index contributed by atoms with van der Waals surface area (Å²) in [4.78, 5) is 3.93. The number of anilines is 1. The Morgan fingerprint density at radius 2 is 2.50 bits per heavy atom. The van der Waals surface area contributed by atoms with Gasteiger partial charge in [-0.05, 0) is 0 Å². The molecule has 0 amide bonds. The molecule has 0 unspecified atom stereocenters. The summed E-state index contributed by atoms with van der Waals surface area (Å²) < 4.78 is 0.449. The van der Waals surface area contributed by atoms with E-state index in [1.165, 1.54) is 11.3 Å². The van der Waals surface area contributed by atoms with Crippen molar-refractivity contribution in [3.05, 3.63) is 11.6 Å². The molecule has 48 valence electrons. The van der Waals surface area contributed by atoms with Gasteiger partial charge in [-0.1, -0.05) is 12.2 Å². The summed E-state index contributed by atoms with van der Waals surface area (Å²) in [6, 6.07) is 0. The Bertz CT molecular complexity index is 198. The minimum atomic E-state index is 0.